The summed E-state index contributed by atoms with van der Waals surface area (Å²) in [5.41, 5.74) is 2.39. The van der Waals surface area contributed by atoms with E-state index in [2.05, 4.69) is 20.9 Å². The fourth-order valence-electron chi connectivity index (χ4n) is 1.12. The highest BCUT2D eigenvalue weighted by Crippen LogP contribution is 2.35. The van der Waals surface area contributed by atoms with Crippen LogP contribution in [0.15, 0.2) is 16.7 Å². The first-order valence-corrected chi connectivity index (χ1v) is 5.12. The molecule has 1 heterocycles. The van der Waals surface area contributed by atoms with Gasteiger partial charge in [-0.1, -0.05) is 0 Å². The van der Waals surface area contributed by atoms with Crippen LogP contribution in [0.2, 0.25) is 0 Å². The summed E-state index contributed by atoms with van der Waals surface area (Å²) in [7, 11) is 0. The van der Waals surface area contributed by atoms with E-state index in [0.717, 1.165) is 13.0 Å². The second-order valence-electron chi connectivity index (χ2n) is 3.53. The van der Waals surface area contributed by atoms with E-state index in [1.807, 2.05) is 0 Å². The Kier molecular flexibility index (Phi) is 3.61. The van der Waals surface area contributed by atoms with E-state index in [9.17, 15) is 13.2 Å². The maximum absolute atomic E-state index is 13.4. The number of pyridine rings is 1. The van der Waals surface area contributed by atoms with Gasteiger partial charge in [-0.3, -0.25) is 0 Å². The minimum atomic E-state index is -3.67. The first kappa shape index (κ1) is 13.4. The van der Waals surface area contributed by atoms with Gasteiger partial charge in [0.05, 0.1) is 0 Å². The van der Waals surface area contributed by atoms with Crippen LogP contribution in [0.25, 0.3) is 0 Å². The lowest BCUT2D eigenvalue weighted by molar-refractivity contribution is -0.110. The monoisotopic (exact) mass is 298 g/mol. The normalized spacial score (nSPS) is 15.9. The Labute approximate surface area is 98.6 Å². The van der Waals surface area contributed by atoms with Gasteiger partial charge in [0.1, 0.15) is 28.3 Å². The van der Waals surface area contributed by atoms with Gasteiger partial charge in [-0.25, -0.2) is 18.2 Å². The number of halogens is 4. The number of hydrogen-bond acceptors (Lipinski definition) is 3. The molecule has 0 saturated heterocycles. The van der Waals surface area contributed by atoms with Crippen LogP contribution in [0.3, 0.4) is 0 Å². The van der Waals surface area contributed by atoms with Crippen LogP contribution in [0, 0.1) is 5.82 Å². The number of hydrogen-bond donors (Lipinski definition) is 2. The summed E-state index contributed by atoms with van der Waals surface area (Å²) in [6, 6.07) is 2.25. The molecule has 1 aromatic rings. The molecule has 0 fully saturated rings. The third kappa shape index (κ3) is 2.21. The van der Waals surface area contributed by atoms with E-state index in [4.69, 9.17) is 10.8 Å². The third-order valence-corrected chi connectivity index (χ3v) is 2.70. The Bertz CT molecular complexity index is 398. The number of nitrogens with two attached hydrogens (primary N) is 1. The molecule has 7 heteroatoms. The molecule has 0 bridgehead atoms. The van der Waals surface area contributed by atoms with E-state index in [1.54, 1.807) is 0 Å². The van der Waals surface area contributed by atoms with Gasteiger partial charge in [-0.05, 0) is 35.0 Å². The zero-order valence-electron chi connectivity index (χ0n) is 8.35. The van der Waals surface area contributed by atoms with Crippen LogP contribution in [-0.2, 0) is 5.54 Å². The number of alkyl halides is 2. The predicted octanol–water partition coefficient (Wildman–Crippen LogP) is 1.78. The summed E-state index contributed by atoms with van der Waals surface area (Å²) < 4.78 is 40.2. The molecule has 1 aromatic heterocycles. The van der Waals surface area contributed by atoms with Crippen molar-refractivity contribution in [2.75, 3.05) is 6.61 Å². The summed E-state index contributed by atoms with van der Waals surface area (Å²) in [6.45, 7) is -0.561. The third-order valence-electron chi connectivity index (χ3n) is 2.26. The largest absolute Gasteiger partial charge is 0.390 e. The zero-order chi connectivity index (χ0) is 12.6. The molecule has 0 spiro atoms. The average molecular weight is 299 g/mol. The minimum absolute atomic E-state index is 0.189. The highest BCUT2D eigenvalue weighted by molar-refractivity contribution is 9.10. The van der Waals surface area contributed by atoms with Crippen molar-refractivity contribution in [3.8, 4) is 0 Å². The van der Waals surface area contributed by atoms with E-state index >= 15 is 0 Å². The van der Waals surface area contributed by atoms with Crippen molar-refractivity contribution in [2.45, 2.75) is 18.4 Å². The highest BCUT2D eigenvalue weighted by atomic mass is 79.9. The summed E-state index contributed by atoms with van der Waals surface area (Å²) in [5, 5.41) is 8.56. The van der Waals surface area contributed by atoms with Crippen LogP contribution in [0.1, 0.15) is 12.6 Å². The molecule has 0 aliphatic rings. The van der Waals surface area contributed by atoms with Crippen LogP contribution in [0.5, 0.6) is 0 Å². The molecule has 1 atom stereocenters. The van der Waals surface area contributed by atoms with Gasteiger partial charge < -0.3 is 10.8 Å². The minimum Gasteiger partial charge on any atom is -0.390 e. The van der Waals surface area contributed by atoms with Gasteiger partial charge in [0.25, 0.3) is 5.92 Å². The van der Waals surface area contributed by atoms with Gasteiger partial charge in [0.2, 0.25) is 0 Å². The second kappa shape index (κ2) is 4.31. The van der Waals surface area contributed by atoms with Crippen molar-refractivity contribution < 1.29 is 18.3 Å². The lowest BCUT2D eigenvalue weighted by atomic mass is 9.90. The standard InChI is InChI=1S/C9H10BrF3N2O/c1-8(14,9(12,13)4-16)7-5(11)2-3-6(10)15-7/h2-3,16H,4,14H2,1H3. The average Bonchev–Trinajstić information content (AvgIpc) is 2.21. The van der Waals surface area contributed by atoms with Crippen LogP contribution < -0.4 is 5.73 Å². The van der Waals surface area contributed by atoms with Crippen LogP contribution in [-0.4, -0.2) is 22.6 Å². The fourth-order valence-corrected chi connectivity index (χ4v) is 1.43. The molecular weight excluding hydrogens is 289 g/mol. The van der Waals surface area contributed by atoms with E-state index in [-0.39, 0.29) is 4.60 Å². The van der Waals surface area contributed by atoms with Gasteiger partial charge in [0, 0.05) is 0 Å². The SMILES string of the molecule is CC(N)(c1nc(Br)ccc1F)C(F)(F)CO. The van der Waals surface area contributed by atoms with Crippen molar-refractivity contribution in [2.24, 2.45) is 5.73 Å². The van der Waals surface area contributed by atoms with E-state index < -0.39 is 29.6 Å². The molecule has 3 N–H and O–H groups in total. The van der Waals surface area contributed by atoms with Crippen LogP contribution >= 0.6 is 15.9 Å². The van der Waals surface area contributed by atoms with Gasteiger partial charge >= 0.3 is 0 Å². The predicted molar refractivity (Wildman–Crippen MR) is 55.5 cm³/mol. The maximum Gasteiger partial charge on any atom is 0.293 e. The molecule has 0 aromatic carbocycles. The first-order valence-electron chi connectivity index (χ1n) is 4.32. The number of nitrogens with zero attached hydrogens (tertiary/aromatic N) is 1. The Balaban J connectivity index is 3.31. The smallest absolute Gasteiger partial charge is 0.293 e. The summed E-state index contributed by atoms with van der Waals surface area (Å²) in [4.78, 5) is 3.58. The first-order chi connectivity index (χ1) is 7.22. The second-order valence-corrected chi connectivity index (χ2v) is 4.34. The van der Waals surface area contributed by atoms with E-state index in [1.165, 1.54) is 6.07 Å². The van der Waals surface area contributed by atoms with Crippen molar-refractivity contribution >= 4 is 15.9 Å². The topological polar surface area (TPSA) is 59.1 Å². The zero-order valence-corrected chi connectivity index (χ0v) is 9.93. The molecule has 0 radical (unpaired) electrons. The van der Waals surface area contributed by atoms with E-state index in [0.29, 0.717) is 0 Å². The Morgan fingerprint density at radius 3 is 2.56 bits per heavy atom. The molecule has 3 nitrogen and oxygen atoms in total. The summed E-state index contributed by atoms with van der Waals surface area (Å²) >= 11 is 2.94. The van der Waals surface area contributed by atoms with Crippen molar-refractivity contribution in [1.82, 2.24) is 4.98 Å². The Morgan fingerprint density at radius 2 is 2.06 bits per heavy atom. The molecule has 0 amide bonds. The molecule has 0 saturated carbocycles. The Morgan fingerprint density at radius 1 is 1.50 bits per heavy atom. The van der Waals surface area contributed by atoms with Gasteiger partial charge in [0.15, 0.2) is 0 Å². The number of aliphatic hydroxyl groups is 1. The molecule has 0 aliphatic heterocycles. The number of aliphatic hydroxyl groups excluding tert-OH is 1. The van der Waals surface area contributed by atoms with Gasteiger partial charge in [-0.15, -0.1) is 0 Å². The van der Waals surface area contributed by atoms with Crippen LogP contribution in [0.4, 0.5) is 13.2 Å². The summed E-state index contributed by atoms with van der Waals surface area (Å²) in [6.07, 6.45) is 0. The molecule has 16 heavy (non-hydrogen) atoms. The molecule has 0 aliphatic carbocycles. The van der Waals surface area contributed by atoms with Gasteiger partial charge in [-0.2, -0.15) is 0 Å². The molecule has 1 rings (SSSR count). The van der Waals surface area contributed by atoms with Crippen molar-refractivity contribution in [1.29, 1.82) is 0 Å². The number of aromatic nitrogens is 1. The lowest BCUT2D eigenvalue weighted by Crippen LogP contribution is -2.53. The molecule has 90 valence electrons. The number of rotatable bonds is 3. The molecular formula is C9H10BrF3N2O. The quantitative estimate of drug-likeness (QED) is 0.837. The lowest BCUT2D eigenvalue weighted by Gasteiger charge is -2.32. The summed E-state index contributed by atoms with van der Waals surface area (Å²) in [5.74, 6) is -4.61. The van der Waals surface area contributed by atoms with Crippen molar-refractivity contribution in [3.05, 3.63) is 28.2 Å². The highest BCUT2D eigenvalue weighted by Gasteiger charge is 2.50. The molecule has 1 unspecified atom stereocenters. The Hall–Kier alpha value is -0.660. The fraction of sp³-hybridized carbons (Fsp3) is 0.444. The maximum atomic E-state index is 13.4. The van der Waals surface area contributed by atoms with Crippen molar-refractivity contribution in [3.63, 3.8) is 0 Å².